The molecule has 3 heteroatoms. The monoisotopic (exact) mass is 191 g/mol. The first-order valence-corrected chi connectivity index (χ1v) is 4.67. The summed E-state index contributed by atoms with van der Waals surface area (Å²) in [6, 6.07) is 4.10. The molecule has 0 spiro atoms. The second kappa shape index (κ2) is 4.77. The van der Waals surface area contributed by atoms with Gasteiger partial charge in [-0.15, -0.1) is 0 Å². The lowest BCUT2D eigenvalue weighted by molar-refractivity contribution is 0.930. The highest BCUT2D eigenvalue weighted by Crippen LogP contribution is 2.08. The van der Waals surface area contributed by atoms with E-state index in [0.717, 1.165) is 11.4 Å². The van der Waals surface area contributed by atoms with Crippen molar-refractivity contribution < 1.29 is 0 Å². The highest BCUT2D eigenvalue weighted by molar-refractivity contribution is 5.51. The number of aromatic nitrogens is 1. The summed E-state index contributed by atoms with van der Waals surface area (Å²) in [7, 11) is 3.94. The van der Waals surface area contributed by atoms with E-state index in [1.54, 1.807) is 0 Å². The van der Waals surface area contributed by atoms with E-state index in [-0.39, 0.29) is 6.04 Å². The van der Waals surface area contributed by atoms with Crippen molar-refractivity contribution in [2.75, 3.05) is 19.0 Å². The molecular weight excluding hydrogens is 174 g/mol. The molecule has 0 aromatic carbocycles. The van der Waals surface area contributed by atoms with Gasteiger partial charge in [-0.1, -0.05) is 12.2 Å². The maximum Gasteiger partial charge on any atom is 0.127 e. The van der Waals surface area contributed by atoms with E-state index in [2.05, 4.69) is 4.98 Å². The van der Waals surface area contributed by atoms with Crippen LogP contribution in [-0.4, -0.2) is 25.1 Å². The summed E-state index contributed by atoms with van der Waals surface area (Å²) in [6.07, 6.45) is 5.78. The van der Waals surface area contributed by atoms with Crippen molar-refractivity contribution in [3.05, 3.63) is 30.0 Å². The van der Waals surface area contributed by atoms with Crippen LogP contribution in [-0.2, 0) is 0 Å². The van der Waals surface area contributed by atoms with Crippen molar-refractivity contribution in [3.8, 4) is 0 Å². The van der Waals surface area contributed by atoms with E-state index in [9.17, 15) is 0 Å². The number of hydrogen-bond acceptors (Lipinski definition) is 3. The molecule has 1 aromatic rings. The third kappa shape index (κ3) is 3.18. The lowest BCUT2D eigenvalue weighted by atomic mass is 10.2. The number of hydrogen-bond donors (Lipinski definition) is 1. The number of nitrogens with zero attached hydrogens (tertiary/aromatic N) is 2. The maximum atomic E-state index is 5.60. The quantitative estimate of drug-likeness (QED) is 0.787. The lowest BCUT2D eigenvalue weighted by Gasteiger charge is -2.10. The second-order valence-electron chi connectivity index (χ2n) is 3.56. The van der Waals surface area contributed by atoms with Crippen molar-refractivity contribution in [2.24, 2.45) is 5.73 Å². The van der Waals surface area contributed by atoms with E-state index in [4.69, 9.17) is 5.73 Å². The standard InChI is InChI=1S/C11H17N3/c1-9(12)4-5-10-6-7-11(13-8-10)14(2)3/h4-9H,12H2,1-3H3/b5-4+. The Morgan fingerprint density at radius 2 is 2.14 bits per heavy atom. The smallest absolute Gasteiger partial charge is 0.127 e. The molecule has 76 valence electrons. The van der Waals surface area contributed by atoms with Crippen molar-refractivity contribution in [1.29, 1.82) is 0 Å². The molecule has 0 fully saturated rings. The Balaban J connectivity index is 2.73. The van der Waals surface area contributed by atoms with E-state index in [1.165, 1.54) is 0 Å². The molecule has 1 aromatic heterocycles. The average molecular weight is 191 g/mol. The summed E-state index contributed by atoms with van der Waals surface area (Å²) < 4.78 is 0. The van der Waals surface area contributed by atoms with Gasteiger partial charge in [0.05, 0.1) is 0 Å². The largest absolute Gasteiger partial charge is 0.363 e. The average Bonchev–Trinajstić information content (AvgIpc) is 2.15. The number of rotatable bonds is 3. The minimum Gasteiger partial charge on any atom is -0.363 e. The van der Waals surface area contributed by atoms with Gasteiger partial charge in [0.25, 0.3) is 0 Å². The summed E-state index contributed by atoms with van der Waals surface area (Å²) in [4.78, 5) is 6.26. The molecule has 1 heterocycles. The fraction of sp³-hybridized carbons (Fsp3) is 0.364. The fourth-order valence-corrected chi connectivity index (χ4v) is 1.02. The van der Waals surface area contributed by atoms with Gasteiger partial charge in [-0.3, -0.25) is 0 Å². The van der Waals surface area contributed by atoms with Crippen LogP contribution in [0.2, 0.25) is 0 Å². The Morgan fingerprint density at radius 1 is 1.43 bits per heavy atom. The third-order valence-electron chi connectivity index (χ3n) is 1.82. The molecule has 0 saturated heterocycles. The number of anilines is 1. The van der Waals surface area contributed by atoms with E-state index >= 15 is 0 Å². The molecule has 1 rings (SSSR count). The molecule has 2 N–H and O–H groups in total. The third-order valence-corrected chi connectivity index (χ3v) is 1.82. The second-order valence-corrected chi connectivity index (χ2v) is 3.56. The topological polar surface area (TPSA) is 42.1 Å². The van der Waals surface area contributed by atoms with Crippen LogP contribution < -0.4 is 10.6 Å². The Kier molecular flexibility index (Phi) is 3.65. The molecule has 1 atom stereocenters. The van der Waals surface area contributed by atoms with Crippen molar-refractivity contribution in [3.63, 3.8) is 0 Å². The molecule has 0 amide bonds. The molecule has 0 bridgehead atoms. The van der Waals surface area contributed by atoms with Crippen LogP contribution in [0.5, 0.6) is 0 Å². The molecular formula is C11H17N3. The fourth-order valence-electron chi connectivity index (χ4n) is 1.02. The van der Waals surface area contributed by atoms with Gasteiger partial charge in [0.2, 0.25) is 0 Å². The van der Waals surface area contributed by atoms with Gasteiger partial charge in [-0.2, -0.15) is 0 Å². The predicted octanol–water partition coefficient (Wildman–Crippen LogP) is 1.51. The van der Waals surface area contributed by atoms with E-state index in [0.29, 0.717) is 0 Å². The predicted molar refractivity (Wildman–Crippen MR) is 61.2 cm³/mol. The minimum atomic E-state index is 0.0866. The Morgan fingerprint density at radius 3 is 2.57 bits per heavy atom. The van der Waals surface area contributed by atoms with Crippen LogP contribution in [0.1, 0.15) is 12.5 Å². The summed E-state index contributed by atoms with van der Waals surface area (Å²) in [5.74, 6) is 0.961. The van der Waals surface area contributed by atoms with E-state index < -0.39 is 0 Å². The molecule has 0 radical (unpaired) electrons. The normalized spacial score (nSPS) is 13.1. The first-order valence-electron chi connectivity index (χ1n) is 4.67. The van der Waals surface area contributed by atoms with Crippen LogP contribution in [0, 0.1) is 0 Å². The van der Waals surface area contributed by atoms with Crippen LogP contribution >= 0.6 is 0 Å². The van der Waals surface area contributed by atoms with Gasteiger partial charge in [-0.05, 0) is 24.6 Å². The number of nitrogens with two attached hydrogens (primary N) is 1. The van der Waals surface area contributed by atoms with Crippen molar-refractivity contribution >= 4 is 11.9 Å². The zero-order chi connectivity index (χ0) is 10.6. The zero-order valence-corrected chi connectivity index (χ0v) is 8.94. The Bertz CT molecular complexity index is 299. The highest BCUT2D eigenvalue weighted by Gasteiger charge is 1.95. The van der Waals surface area contributed by atoms with Crippen LogP contribution in [0.3, 0.4) is 0 Å². The zero-order valence-electron chi connectivity index (χ0n) is 8.94. The summed E-state index contributed by atoms with van der Waals surface area (Å²) in [6.45, 7) is 1.94. The maximum absolute atomic E-state index is 5.60. The molecule has 0 aliphatic carbocycles. The van der Waals surface area contributed by atoms with Gasteiger partial charge in [0.1, 0.15) is 5.82 Å². The molecule has 1 unspecified atom stereocenters. The molecule has 0 aliphatic rings. The highest BCUT2D eigenvalue weighted by atomic mass is 15.1. The van der Waals surface area contributed by atoms with Crippen molar-refractivity contribution in [2.45, 2.75) is 13.0 Å². The molecule has 0 aliphatic heterocycles. The Labute approximate surface area is 85.3 Å². The van der Waals surface area contributed by atoms with E-state index in [1.807, 2.05) is 56.4 Å². The lowest BCUT2D eigenvalue weighted by Crippen LogP contribution is -2.10. The molecule has 14 heavy (non-hydrogen) atoms. The minimum absolute atomic E-state index is 0.0866. The van der Waals surface area contributed by atoms with Gasteiger partial charge < -0.3 is 10.6 Å². The summed E-state index contributed by atoms with van der Waals surface area (Å²) in [5, 5.41) is 0. The Hall–Kier alpha value is -1.35. The first kappa shape index (κ1) is 10.7. The number of pyridine rings is 1. The van der Waals surface area contributed by atoms with Gasteiger partial charge in [-0.25, -0.2) is 4.98 Å². The SMILES string of the molecule is CC(N)/C=C/c1ccc(N(C)C)nc1. The van der Waals surface area contributed by atoms with Gasteiger partial charge in [0, 0.05) is 26.3 Å². The van der Waals surface area contributed by atoms with Crippen LogP contribution in [0.4, 0.5) is 5.82 Å². The van der Waals surface area contributed by atoms with Gasteiger partial charge in [0.15, 0.2) is 0 Å². The van der Waals surface area contributed by atoms with Crippen LogP contribution in [0.15, 0.2) is 24.4 Å². The van der Waals surface area contributed by atoms with Crippen molar-refractivity contribution in [1.82, 2.24) is 4.98 Å². The first-order chi connectivity index (χ1) is 6.59. The summed E-state index contributed by atoms with van der Waals surface area (Å²) >= 11 is 0. The van der Waals surface area contributed by atoms with Gasteiger partial charge >= 0.3 is 0 Å². The molecule has 0 saturated carbocycles. The summed E-state index contributed by atoms with van der Waals surface area (Å²) in [5.41, 5.74) is 6.68. The molecule has 3 nitrogen and oxygen atoms in total. The van der Waals surface area contributed by atoms with Crippen LogP contribution in [0.25, 0.3) is 6.08 Å².